The number of nitrogens with one attached hydrogen (secondary N) is 2. The summed E-state index contributed by atoms with van der Waals surface area (Å²) in [6.45, 7) is 3.00. The fourth-order valence-corrected chi connectivity index (χ4v) is 2.64. The summed E-state index contributed by atoms with van der Waals surface area (Å²) in [6.07, 6.45) is -2.29. The maximum absolute atomic E-state index is 10.3. The quantitative estimate of drug-likeness (QED) is 0.360. The number of aryl methyl sites for hydroxylation is 1. The second kappa shape index (κ2) is 10.4. The number of rotatable bonds is 7. The molecule has 1 aromatic carbocycles. The normalized spacial score (nSPS) is 13.0. The van der Waals surface area contributed by atoms with Gasteiger partial charge < -0.3 is 20.4 Å². The highest BCUT2D eigenvalue weighted by Crippen LogP contribution is 2.16. The zero-order valence-electron chi connectivity index (χ0n) is 14.5. The van der Waals surface area contributed by atoms with Crippen LogP contribution in [0.15, 0.2) is 29.3 Å². The molecule has 0 aliphatic carbocycles. The lowest BCUT2D eigenvalue weighted by atomic mass is 9.96. The third-order valence-electron chi connectivity index (χ3n) is 3.32. The standard InChI is InChI=1S/C10H13N3S.C6H8O7/c1-8-4-2-3-5-9(8)12-13-10-11-6-7-14-10;7-3(8)1-6(13,5(11)12)2-4(9)10/h2-5,12H,6-7H2,1H3,(H,11,13);13H,1-2H2,(H,7,8)(H,9,10)(H,11,12). The average molecular weight is 399 g/mol. The Morgan fingerprint density at radius 1 is 1.11 bits per heavy atom. The second-order valence-electron chi connectivity index (χ2n) is 5.58. The zero-order valence-corrected chi connectivity index (χ0v) is 15.3. The minimum Gasteiger partial charge on any atom is -0.481 e. The Labute approximate surface area is 159 Å². The molecule has 1 heterocycles. The van der Waals surface area contributed by atoms with Gasteiger partial charge in [-0.3, -0.25) is 25.4 Å². The molecule has 0 aromatic heterocycles. The van der Waals surface area contributed by atoms with Crippen molar-refractivity contribution in [2.75, 3.05) is 17.7 Å². The van der Waals surface area contributed by atoms with E-state index in [2.05, 4.69) is 28.8 Å². The summed E-state index contributed by atoms with van der Waals surface area (Å²) in [6, 6.07) is 8.17. The second-order valence-corrected chi connectivity index (χ2v) is 6.66. The van der Waals surface area contributed by atoms with Crippen molar-refractivity contribution in [3.8, 4) is 0 Å². The lowest BCUT2D eigenvalue weighted by Crippen LogP contribution is -2.42. The van der Waals surface area contributed by atoms with Gasteiger partial charge in [0, 0.05) is 5.75 Å². The van der Waals surface area contributed by atoms with Crippen molar-refractivity contribution in [2.24, 2.45) is 4.99 Å². The number of carbonyl (C=O) groups is 3. The first-order valence-corrected chi connectivity index (χ1v) is 8.77. The van der Waals surface area contributed by atoms with E-state index >= 15 is 0 Å². The number of hydrazine groups is 1. The van der Waals surface area contributed by atoms with Crippen LogP contribution in [0.4, 0.5) is 5.69 Å². The van der Waals surface area contributed by atoms with E-state index in [9.17, 15) is 14.4 Å². The van der Waals surface area contributed by atoms with Gasteiger partial charge in [-0.1, -0.05) is 30.0 Å². The molecular formula is C16H21N3O7S. The van der Waals surface area contributed by atoms with Crippen LogP contribution in [0.1, 0.15) is 18.4 Å². The number of aliphatic carboxylic acids is 3. The number of nitrogens with zero attached hydrogens (tertiary/aromatic N) is 1. The third kappa shape index (κ3) is 7.96. The summed E-state index contributed by atoms with van der Waals surface area (Å²) in [7, 11) is 0. The van der Waals surface area contributed by atoms with E-state index in [0.29, 0.717) is 0 Å². The Morgan fingerprint density at radius 3 is 2.15 bits per heavy atom. The monoisotopic (exact) mass is 399 g/mol. The van der Waals surface area contributed by atoms with Crippen molar-refractivity contribution in [3.63, 3.8) is 0 Å². The average Bonchev–Trinajstić information content (AvgIpc) is 3.06. The van der Waals surface area contributed by atoms with E-state index < -0.39 is 36.4 Å². The van der Waals surface area contributed by atoms with Gasteiger partial charge in [0.15, 0.2) is 10.8 Å². The van der Waals surface area contributed by atoms with Gasteiger partial charge >= 0.3 is 17.9 Å². The molecule has 10 nitrogen and oxygen atoms in total. The van der Waals surface area contributed by atoms with Crippen molar-refractivity contribution in [1.29, 1.82) is 0 Å². The molecule has 0 saturated carbocycles. The van der Waals surface area contributed by atoms with Crippen LogP contribution < -0.4 is 10.9 Å². The molecule has 0 spiro atoms. The molecule has 27 heavy (non-hydrogen) atoms. The van der Waals surface area contributed by atoms with Gasteiger partial charge in [0.25, 0.3) is 0 Å². The molecule has 6 N–H and O–H groups in total. The van der Waals surface area contributed by atoms with E-state index in [-0.39, 0.29) is 0 Å². The molecule has 1 aliphatic heterocycles. The maximum Gasteiger partial charge on any atom is 0.336 e. The molecule has 0 atom stereocenters. The van der Waals surface area contributed by atoms with E-state index in [1.807, 2.05) is 18.2 Å². The van der Waals surface area contributed by atoms with E-state index in [1.54, 1.807) is 11.8 Å². The highest BCUT2D eigenvalue weighted by atomic mass is 32.2. The van der Waals surface area contributed by atoms with Crippen LogP contribution in [-0.2, 0) is 14.4 Å². The first-order valence-electron chi connectivity index (χ1n) is 7.78. The fourth-order valence-electron chi connectivity index (χ4n) is 1.96. The maximum atomic E-state index is 10.3. The number of para-hydroxylation sites is 1. The molecule has 148 valence electrons. The Kier molecular flexibility index (Phi) is 8.56. The van der Waals surface area contributed by atoms with E-state index in [0.717, 1.165) is 23.2 Å². The lowest BCUT2D eigenvalue weighted by molar-refractivity contribution is -0.170. The molecular weight excluding hydrogens is 378 g/mol. The molecule has 0 radical (unpaired) electrons. The van der Waals surface area contributed by atoms with E-state index in [4.69, 9.17) is 20.4 Å². The number of anilines is 1. The molecule has 2 rings (SSSR count). The highest BCUT2D eigenvalue weighted by molar-refractivity contribution is 8.14. The predicted molar refractivity (Wildman–Crippen MR) is 99.8 cm³/mol. The summed E-state index contributed by atoms with van der Waals surface area (Å²) >= 11 is 1.74. The predicted octanol–water partition coefficient (Wildman–Crippen LogP) is 0.766. The Balaban J connectivity index is 0.000000271. The molecule has 0 bridgehead atoms. The van der Waals surface area contributed by atoms with Gasteiger partial charge in [0.1, 0.15) is 0 Å². The highest BCUT2D eigenvalue weighted by Gasteiger charge is 2.40. The fraction of sp³-hybridized carbons (Fsp3) is 0.375. The molecule has 0 unspecified atom stereocenters. The number of thioether (sulfide) groups is 1. The number of hydrogen-bond donors (Lipinski definition) is 6. The molecule has 0 fully saturated rings. The minimum atomic E-state index is -2.74. The number of aliphatic hydroxyl groups is 1. The van der Waals surface area contributed by atoms with Crippen molar-refractivity contribution >= 4 is 40.5 Å². The van der Waals surface area contributed by atoms with Crippen LogP contribution >= 0.6 is 11.8 Å². The van der Waals surface area contributed by atoms with Crippen molar-refractivity contribution in [1.82, 2.24) is 5.43 Å². The van der Waals surface area contributed by atoms with Gasteiger partial charge in [-0.15, -0.1) is 0 Å². The van der Waals surface area contributed by atoms with Crippen molar-refractivity contribution in [2.45, 2.75) is 25.4 Å². The third-order valence-corrected chi connectivity index (χ3v) is 4.21. The summed E-state index contributed by atoms with van der Waals surface area (Å²) in [5, 5.41) is 34.8. The number of carboxylic acids is 3. The zero-order chi connectivity index (χ0) is 20.4. The van der Waals surface area contributed by atoms with Gasteiger partial charge in [-0.05, 0) is 18.6 Å². The van der Waals surface area contributed by atoms with Crippen LogP contribution in [0.3, 0.4) is 0 Å². The van der Waals surface area contributed by atoms with Crippen molar-refractivity contribution in [3.05, 3.63) is 29.8 Å². The van der Waals surface area contributed by atoms with Gasteiger partial charge in [0.2, 0.25) is 0 Å². The van der Waals surface area contributed by atoms with E-state index in [1.165, 1.54) is 5.56 Å². The smallest absolute Gasteiger partial charge is 0.336 e. The summed E-state index contributed by atoms with van der Waals surface area (Å²) in [5.41, 5.74) is 5.84. The molecule has 0 saturated heterocycles. The first-order chi connectivity index (χ1) is 12.6. The lowest BCUT2D eigenvalue weighted by Gasteiger charge is -2.18. The van der Waals surface area contributed by atoms with Crippen LogP contribution in [-0.4, -0.2) is 61.4 Å². The van der Waals surface area contributed by atoms with Crippen LogP contribution in [0.25, 0.3) is 0 Å². The summed E-state index contributed by atoms with van der Waals surface area (Å²) in [4.78, 5) is 34.8. The Hall–Kier alpha value is -2.79. The number of hydrogen-bond acceptors (Lipinski definition) is 8. The van der Waals surface area contributed by atoms with Crippen molar-refractivity contribution < 1.29 is 34.8 Å². The number of carboxylic acid groups (broad SMARTS) is 3. The Bertz CT molecular complexity index is 708. The minimum absolute atomic E-state index is 0.919. The number of aliphatic imine (C=N–C) groups is 1. The number of benzene rings is 1. The molecule has 11 heteroatoms. The van der Waals surface area contributed by atoms with Crippen LogP contribution in [0.2, 0.25) is 0 Å². The SMILES string of the molecule is Cc1ccccc1NNC1=NCCS1.O=C(O)CC(O)(CC(=O)O)C(=O)O. The summed E-state index contributed by atoms with van der Waals surface area (Å²) < 4.78 is 0. The topological polar surface area (TPSA) is 169 Å². The molecule has 1 aliphatic rings. The van der Waals surface area contributed by atoms with Gasteiger partial charge in [-0.25, -0.2) is 4.79 Å². The number of amidine groups is 1. The largest absolute Gasteiger partial charge is 0.481 e. The van der Waals surface area contributed by atoms with Gasteiger partial charge in [-0.2, -0.15) is 0 Å². The van der Waals surface area contributed by atoms with Gasteiger partial charge in [0.05, 0.1) is 25.1 Å². The summed E-state index contributed by atoms with van der Waals surface area (Å²) in [5.74, 6) is -3.94. The Morgan fingerprint density at radius 2 is 1.70 bits per heavy atom. The van der Waals surface area contributed by atoms with Crippen LogP contribution in [0.5, 0.6) is 0 Å². The molecule has 1 aromatic rings. The molecule has 0 amide bonds. The first kappa shape index (κ1) is 22.3. The van der Waals surface area contributed by atoms with Crippen LogP contribution in [0, 0.1) is 6.92 Å².